The number of rotatable bonds is 8. The lowest BCUT2D eigenvalue weighted by Gasteiger charge is -2.09. The minimum Gasteiger partial charge on any atom is -0.457 e. The van der Waals surface area contributed by atoms with Crippen molar-refractivity contribution in [2.24, 2.45) is 0 Å². The topological polar surface area (TPSA) is 84.5 Å². The molecule has 1 amide bonds. The van der Waals surface area contributed by atoms with Gasteiger partial charge in [-0.3, -0.25) is 9.52 Å². The van der Waals surface area contributed by atoms with Gasteiger partial charge in [-0.15, -0.1) is 0 Å². The van der Waals surface area contributed by atoms with Gasteiger partial charge in [-0.1, -0.05) is 18.2 Å². The Bertz CT molecular complexity index is 1130. The number of benzene rings is 3. The van der Waals surface area contributed by atoms with Gasteiger partial charge < -0.3 is 10.1 Å². The summed E-state index contributed by atoms with van der Waals surface area (Å²) in [4.78, 5) is 12.3. The molecule has 0 saturated heterocycles. The molecule has 0 spiro atoms. The van der Waals surface area contributed by atoms with Crippen LogP contribution in [0.2, 0.25) is 0 Å². The van der Waals surface area contributed by atoms with Gasteiger partial charge in [-0.2, -0.15) is 0 Å². The Morgan fingerprint density at radius 2 is 1.63 bits per heavy atom. The lowest BCUT2D eigenvalue weighted by Crippen LogP contribution is -2.13. The minimum absolute atomic E-state index is 0.198. The Labute approximate surface area is 174 Å². The number of amides is 1. The van der Waals surface area contributed by atoms with Crippen molar-refractivity contribution in [2.45, 2.75) is 12.8 Å². The van der Waals surface area contributed by atoms with Gasteiger partial charge in [0.2, 0.25) is 15.9 Å². The number of sulfonamides is 1. The van der Waals surface area contributed by atoms with Crippen LogP contribution >= 0.6 is 0 Å². The van der Waals surface area contributed by atoms with E-state index >= 15 is 0 Å². The van der Waals surface area contributed by atoms with E-state index in [2.05, 4.69) is 10.0 Å². The first kappa shape index (κ1) is 21.3. The Hall–Kier alpha value is -3.39. The highest BCUT2D eigenvalue weighted by Crippen LogP contribution is 2.23. The molecule has 30 heavy (non-hydrogen) atoms. The number of carbonyl (C=O) groups is 1. The SMILES string of the molecule is CS(=O)(=O)Nc1cccc(NC(=O)CCc2cccc(Oc3ccc(F)cc3)c2)c1. The Balaban J connectivity index is 1.56. The fraction of sp³-hybridized carbons (Fsp3) is 0.136. The standard InChI is InChI=1S/C22H21FN2O4S/c1-30(27,28)25-19-6-3-5-18(15-19)24-22(26)13-8-16-4-2-7-21(14-16)29-20-11-9-17(23)10-12-20/h2-7,9-12,14-15,25H,8,13H2,1H3,(H,24,26). The van der Waals surface area contributed by atoms with Crippen LogP contribution in [0.3, 0.4) is 0 Å². The molecule has 0 fully saturated rings. The normalized spacial score (nSPS) is 11.0. The van der Waals surface area contributed by atoms with Crippen LogP contribution in [0.25, 0.3) is 0 Å². The van der Waals surface area contributed by atoms with Crippen LogP contribution < -0.4 is 14.8 Å². The van der Waals surface area contributed by atoms with Crippen LogP contribution in [0.1, 0.15) is 12.0 Å². The van der Waals surface area contributed by atoms with Gasteiger partial charge in [-0.25, -0.2) is 12.8 Å². The fourth-order valence-electron chi connectivity index (χ4n) is 2.76. The van der Waals surface area contributed by atoms with E-state index in [1.54, 1.807) is 42.5 Å². The molecule has 0 aliphatic rings. The van der Waals surface area contributed by atoms with Crippen LogP contribution in [0, 0.1) is 5.82 Å². The van der Waals surface area contributed by atoms with Gasteiger partial charge in [0.25, 0.3) is 0 Å². The highest BCUT2D eigenvalue weighted by Gasteiger charge is 2.07. The first-order valence-corrected chi connectivity index (χ1v) is 11.1. The van der Waals surface area contributed by atoms with E-state index in [1.165, 1.54) is 12.1 Å². The zero-order valence-electron chi connectivity index (χ0n) is 16.3. The molecule has 0 aromatic heterocycles. The average molecular weight is 428 g/mol. The fourth-order valence-corrected chi connectivity index (χ4v) is 3.31. The lowest BCUT2D eigenvalue weighted by atomic mass is 10.1. The summed E-state index contributed by atoms with van der Waals surface area (Å²) in [5.74, 6) is 0.587. The summed E-state index contributed by atoms with van der Waals surface area (Å²) >= 11 is 0. The molecule has 0 aliphatic carbocycles. The predicted molar refractivity (Wildman–Crippen MR) is 115 cm³/mol. The van der Waals surface area contributed by atoms with Crippen LogP contribution in [0.15, 0.2) is 72.8 Å². The zero-order chi connectivity index (χ0) is 21.6. The van der Waals surface area contributed by atoms with Gasteiger partial charge in [0.1, 0.15) is 17.3 Å². The smallest absolute Gasteiger partial charge is 0.229 e. The zero-order valence-corrected chi connectivity index (χ0v) is 17.1. The first-order valence-electron chi connectivity index (χ1n) is 9.17. The molecule has 6 nitrogen and oxygen atoms in total. The number of anilines is 2. The molecule has 0 bridgehead atoms. The van der Waals surface area contributed by atoms with Crippen LogP contribution in [0.4, 0.5) is 15.8 Å². The molecule has 3 aromatic carbocycles. The van der Waals surface area contributed by atoms with E-state index in [4.69, 9.17) is 4.74 Å². The van der Waals surface area contributed by atoms with Crippen LogP contribution in [0.5, 0.6) is 11.5 Å². The first-order chi connectivity index (χ1) is 14.3. The Kier molecular flexibility index (Phi) is 6.68. The summed E-state index contributed by atoms with van der Waals surface area (Å²) in [5, 5.41) is 2.76. The van der Waals surface area contributed by atoms with E-state index in [9.17, 15) is 17.6 Å². The summed E-state index contributed by atoms with van der Waals surface area (Å²) in [6.07, 6.45) is 1.80. The van der Waals surface area contributed by atoms with E-state index < -0.39 is 10.0 Å². The summed E-state index contributed by atoms with van der Waals surface area (Å²) in [6.45, 7) is 0. The van der Waals surface area contributed by atoms with Crippen LogP contribution in [-0.2, 0) is 21.2 Å². The number of carbonyl (C=O) groups excluding carboxylic acids is 1. The van der Waals surface area contributed by atoms with Gasteiger partial charge in [0, 0.05) is 12.1 Å². The van der Waals surface area contributed by atoms with Gasteiger partial charge >= 0.3 is 0 Å². The molecule has 3 aromatic rings. The highest BCUT2D eigenvalue weighted by molar-refractivity contribution is 7.92. The third-order valence-corrected chi connectivity index (χ3v) is 4.64. The second-order valence-corrected chi connectivity index (χ2v) is 8.46. The molecule has 0 heterocycles. The molecular formula is C22H21FN2O4S. The van der Waals surface area contributed by atoms with E-state index in [1.807, 2.05) is 18.2 Å². The number of hydrogen-bond acceptors (Lipinski definition) is 4. The van der Waals surface area contributed by atoms with Crippen LogP contribution in [-0.4, -0.2) is 20.6 Å². The third kappa shape index (κ3) is 6.89. The van der Waals surface area contributed by atoms with Crippen molar-refractivity contribution in [3.63, 3.8) is 0 Å². The summed E-state index contributed by atoms with van der Waals surface area (Å²) in [5.41, 5.74) is 1.79. The maximum absolute atomic E-state index is 13.0. The molecule has 156 valence electrons. The number of nitrogens with one attached hydrogen (secondary N) is 2. The van der Waals surface area contributed by atoms with Crippen molar-refractivity contribution in [2.75, 3.05) is 16.3 Å². The molecule has 8 heteroatoms. The second-order valence-electron chi connectivity index (χ2n) is 6.71. The number of halogens is 1. The minimum atomic E-state index is -3.39. The van der Waals surface area contributed by atoms with E-state index in [-0.39, 0.29) is 18.1 Å². The maximum atomic E-state index is 13.0. The van der Waals surface area contributed by atoms with Crippen molar-refractivity contribution >= 4 is 27.3 Å². The molecular weight excluding hydrogens is 407 g/mol. The Morgan fingerprint density at radius 3 is 2.37 bits per heavy atom. The monoisotopic (exact) mass is 428 g/mol. The van der Waals surface area contributed by atoms with Gasteiger partial charge in [0.15, 0.2) is 0 Å². The lowest BCUT2D eigenvalue weighted by molar-refractivity contribution is -0.116. The molecule has 0 unspecified atom stereocenters. The summed E-state index contributed by atoms with van der Waals surface area (Å²) in [7, 11) is -3.39. The Morgan fingerprint density at radius 1 is 0.933 bits per heavy atom. The van der Waals surface area contributed by atoms with Gasteiger partial charge in [0.05, 0.1) is 11.9 Å². The quantitative estimate of drug-likeness (QED) is 0.551. The molecule has 0 aliphatic heterocycles. The van der Waals surface area contributed by atoms with Crippen molar-refractivity contribution in [1.29, 1.82) is 0 Å². The molecule has 2 N–H and O–H groups in total. The number of ether oxygens (including phenoxy) is 1. The van der Waals surface area contributed by atoms with Crippen molar-refractivity contribution < 1.29 is 22.3 Å². The highest BCUT2D eigenvalue weighted by atomic mass is 32.2. The van der Waals surface area contributed by atoms with Crippen molar-refractivity contribution in [1.82, 2.24) is 0 Å². The molecule has 0 saturated carbocycles. The molecule has 3 rings (SSSR count). The third-order valence-electron chi connectivity index (χ3n) is 4.04. The number of aryl methyl sites for hydroxylation is 1. The summed E-state index contributed by atoms with van der Waals surface area (Å²) < 4.78 is 43.7. The van der Waals surface area contributed by atoms with Crippen molar-refractivity contribution in [3.05, 3.63) is 84.2 Å². The largest absolute Gasteiger partial charge is 0.457 e. The molecule has 0 atom stereocenters. The predicted octanol–water partition coefficient (Wildman–Crippen LogP) is 4.56. The number of hydrogen-bond donors (Lipinski definition) is 2. The van der Waals surface area contributed by atoms with Gasteiger partial charge in [-0.05, 0) is 66.6 Å². The summed E-state index contributed by atoms with van der Waals surface area (Å²) in [6, 6.07) is 19.5. The second kappa shape index (κ2) is 9.41. The maximum Gasteiger partial charge on any atom is 0.229 e. The van der Waals surface area contributed by atoms with E-state index in [0.717, 1.165) is 11.8 Å². The average Bonchev–Trinajstić information content (AvgIpc) is 2.67. The van der Waals surface area contributed by atoms with E-state index in [0.29, 0.717) is 29.3 Å². The molecule has 0 radical (unpaired) electrons. The van der Waals surface area contributed by atoms with Crippen molar-refractivity contribution in [3.8, 4) is 11.5 Å².